The Bertz CT molecular complexity index is 287. The number of rotatable bonds is 2. The lowest BCUT2D eigenvalue weighted by Crippen LogP contribution is -2.15. The Morgan fingerprint density at radius 2 is 1.69 bits per heavy atom. The van der Waals surface area contributed by atoms with Crippen LogP contribution in [0.1, 0.15) is 24.1 Å². The first-order chi connectivity index (χ1) is 6.06. The molecule has 0 aliphatic rings. The van der Waals surface area contributed by atoms with E-state index in [0.717, 1.165) is 0 Å². The summed E-state index contributed by atoms with van der Waals surface area (Å²) in [5, 5.41) is 2.80. The number of nitrogens with one attached hydrogen (secondary N) is 1. The third-order valence-corrected chi connectivity index (χ3v) is 2.09. The van der Waals surface area contributed by atoms with Crippen molar-refractivity contribution in [2.24, 2.45) is 0 Å². The van der Waals surface area contributed by atoms with Crippen LogP contribution in [-0.4, -0.2) is 7.05 Å². The predicted octanol–water partition coefficient (Wildman–Crippen LogP) is 2.55. The van der Waals surface area contributed by atoms with E-state index in [1.165, 1.54) is 12.1 Å². The topological polar surface area (TPSA) is 12.0 Å². The molecule has 0 bridgehead atoms. The van der Waals surface area contributed by atoms with E-state index in [2.05, 4.69) is 5.32 Å². The van der Waals surface area contributed by atoms with Crippen LogP contribution in [0.3, 0.4) is 0 Å². The standard InChI is InChI=1S/C10H13F2N/c1-6-4-8(11)10(7(2)13-3)9(12)5-6/h4-5,7,13H,1-3H3. The molecule has 0 aliphatic carbocycles. The van der Waals surface area contributed by atoms with Crippen LogP contribution >= 0.6 is 0 Å². The Kier molecular flexibility index (Phi) is 2.98. The average Bonchev–Trinajstić information content (AvgIpc) is 2.02. The molecule has 0 saturated heterocycles. The van der Waals surface area contributed by atoms with Gasteiger partial charge in [0.2, 0.25) is 0 Å². The predicted molar refractivity (Wildman–Crippen MR) is 48.6 cm³/mol. The van der Waals surface area contributed by atoms with Crippen molar-refractivity contribution in [3.05, 3.63) is 34.9 Å². The van der Waals surface area contributed by atoms with Crippen molar-refractivity contribution < 1.29 is 8.78 Å². The Hall–Kier alpha value is -0.960. The fourth-order valence-electron chi connectivity index (χ4n) is 1.27. The molecule has 3 heteroatoms. The van der Waals surface area contributed by atoms with E-state index < -0.39 is 11.6 Å². The smallest absolute Gasteiger partial charge is 0.131 e. The highest BCUT2D eigenvalue weighted by Gasteiger charge is 2.14. The molecule has 0 saturated carbocycles. The highest BCUT2D eigenvalue weighted by molar-refractivity contribution is 5.27. The molecule has 13 heavy (non-hydrogen) atoms. The Labute approximate surface area is 76.8 Å². The van der Waals surface area contributed by atoms with Crippen molar-refractivity contribution in [2.75, 3.05) is 7.05 Å². The molecule has 1 rings (SSSR count). The van der Waals surface area contributed by atoms with Gasteiger partial charge in [0.25, 0.3) is 0 Å². The summed E-state index contributed by atoms with van der Waals surface area (Å²) >= 11 is 0. The van der Waals surface area contributed by atoms with Gasteiger partial charge in [-0.2, -0.15) is 0 Å². The van der Waals surface area contributed by atoms with Crippen LogP contribution in [0.5, 0.6) is 0 Å². The van der Waals surface area contributed by atoms with Gasteiger partial charge in [-0.1, -0.05) is 0 Å². The fraction of sp³-hybridized carbons (Fsp3) is 0.400. The van der Waals surface area contributed by atoms with Crippen LogP contribution in [0.2, 0.25) is 0 Å². The van der Waals surface area contributed by atoms with Gasteiger partial charge in [0, 0.05) is 11.6 Å². The van der Waals surface area contributed by atoms with Gasteiger partial charge < -0.3 is 5.32 Å². The van der Waals surface area contributed by atoms with Crippen molar-refractivity contribution in [3.8, 4) is 0 Å². The molecule has 0 aliphatic heterocycles. The summed E-state index contributed by atoms with van der Waals surface area (Å²) in [7, 11) is 1.67. The van der Waals surface area contributed by atoms with Gasteiger partial charge in [0.15, 0.2) is 0 Å². The lowest BCUT2D eigenvalue weighted by molar-refractivity contribution is 0.509. The molecule has 1 unspecified atom stereocenters. The van der Waals surface area contributed by atoms with Gasteiger partial charge in [0.05, 0.1) is 0 Å². The van der Waals surface area contributed by atoms with Crippen LogP contribution < -0.4 is 5.32 Å². The van der Waals surface area contributed by atoms with Crippen molar-refractivity contribution in [3.63, 3.8) is 0 Å². The first-order valence-electron chi connectivity index (χ1n) is 4.19. The van der Waals surface area contributed by atoms with Gasteiger partial charge in [-0.3, -0.25) is 0 Å². The summed E-state index contributed by atoms with van der Waals surface area (Å²) in [4.78, 5) is 0. The minimum absolute atomic E-state index is 0.105. The lowest BCUT2D eigenvalue weighted by atomic mass is 10.1. The molecule has 1 atom stereocenters. The third kappa shape index (κ3) is 2.04. The second-order valence-electron chi connectivity index (χ2n) is 3.15. The van der Waals surface area contributed by atoms with Gasteiger partial charge in [-0.25, -0.2) is 8.78 Å². The van der Waals surface area contributed by atoms with Gasteiger partial charge in [-0.15, -0.1) is 0 Å². The van der Waals surface area contributed by atoms with Crippen LogP contribution in [-0.2, 0) is 0 Å². The van der Waals surface area contributed by atoms with E-state index in [1.54, 1.807) is 20.9 Å². The number of benzene rings is 1. The highest BCUT2D eigenvalue weighted by atomic mass is 19.1. The molecular formula is C10H13F2N. The minimum atomic E-state index is -0.487. The normalized spacial score (nSPS) is 13.0. The number of aryl methyl sites for hydroxylation is 1. The van der Waals surface area contributed by atoms with Gasteiger partial charge >= 0.3 is 0 Å². The van der Waals surface area contributed by atoms with Crippen molar-refractivity contribution >= 4 is 0 Å². The van der Waals surface area contributed by atoms with Crippen LogP contribution in [0.25, 0.3) is 0 Å². The molecule has 1 aromatic rings. The third-order valence-electron chi connectivity index (χ3n) is 2.09. The second-order valence-corrected chi connectivity index (χ2v) is 3.15. The molecule has 0 spiro atoms. The van der Waals surface area contributed by atoms with E-state index in [0.29, 0.717) is 5.56 Å². The molecule has 1 aromatic carbocycles. The molecule has 0 aromatic heterocycles. The molecule has 0 amide bonds. The molecular weight excluding hydrogens is 172 g/mol. The molecule has 0 radical (unpaired) electrons. The molecule has 72 valence electrons. The fourth-order valence-corrected chi connectivity index (χ4v) is 1.27. The zero-order valence-corrected chi connectivity index (χ0v) is 7.99. The second kappa shape index (κ2) is 3.83. The minimum Gasteiger partial charge on any atom is -0.313 e. The maximum atomic E-state index is 13.3. The lowest BCUT2D eigenvalue weighted by Gasteiger charge is -2.13. The summed E-state index contributed by atoms with van der Waals surface area (Å²) in [6.45, 7) is 3.39. The average molecular weight is 185 g/mol. The van der Waals surface area contributed by atoms with E-state index in [-0.39, 0.29) is 11.6 Å². The summed E-state index contributed by atoms with van der Waals surface area (Å²) in [5.74, 6) is -0.973. The highest BCUT2D eigenvalue weighted by Crippen LogP contribution is 2.21. The number of hydrogen-bond donors (Lipinski definition) is 1. The van der Waals surface area contributed by atoms with Crippen LogP contribution in [0.15, 0.2) is 12.1 Å². The first kappa shape index (κ1) is 10.1. The largest absolute Gasteiger partial charge is 0.313 e. The number of halogens is 2. The Balaban J connectivity index is 3.20. The molecule has 0 fully saturated rings. The summed E-state index contributed by atoms with van der Waals surface area (Å²) in [6.07, 6.45) is 0. The number of hydrogen-bond acceptors (Lipinski definition) is 1. The zero-order valence-electron chi connectivity index (χ0n) is 7.99. The SMILES string of the molecule is CNC(C)c1c(F)cc(C)cc1F. The quantitative estimate of drug-likeness (QED) is 0.746. The van der Waals surface area contributed by atoms with Gasteiger partial charge in [0.1, 0.15) is 11.6 Å². The maximum absolute atomic E-state index is 13.3. The van der Waals surface area contributed by atoms with Gasteiger partial charge in [-0.05, 0) is 38.6 Å². The molecule has 0 heterocycles. The van der Waals surface area contributed by atoms with Crippen molar-refractivity contribution in [1.82, 2.24) is 5.32 Å². The maximum Gasteiger partial charge on any atom is 0.131 e. The van der Waals surface area contributed by atoms with E-state index in [4.69, 9.17) is 0 Å². The Morgan fingerprint density at radius 1 is 1.23 bits per heavy atom. The molecule has 1 nitrogen and oxygen atoms in total. The zero-order chi connectivity index (χ0) is 10.0. The van der Waals surface area contributed by atoms with E-state index >= 15 is 0 Å². The Morgan fingerprint density at radius 3 is 2.08 bits per heavy atom. The van der Waals surface area contributed by atoms with E-state index in [9.17, 15) is 8.78 Å². The van der Waals surface area contributed by atoms with Crippen LogP contribution in [0, 0.1) is 18.6 Å². The summed E-state index contributed by atoms with van der Waals surface area (Å²) < 4.78 is 26.5. The summed E-state index contributed by atoms with van der Waals surface area (Å²) in [6, 6.07) is 2.37. The molecule has 1 N–H and O–H groups in total. The van der Waals surface area contributed by atoms with Crippen molar-refractivity contribution in [1.29, 1.82) is 0 Å². The summed E-state index contributed by atoms with van der Waals surface area (Å²) in [5.41, 5.74) is 0.704. The van der Waals surface area contributed by atoms with E-state index in [1.807, 2.05) is 0 Å². The van der Waals surface area contributed by atoms with Crippen LogP contribution in [0.4, 0.5) is 8.78 Å². The van der Waals surface area contributed by atoms with Crippen molar-refractivity contribution in [2.45, 2.75) is 19.9 Å². The first-order valence-corrected chi connectivity index (χ1v) is 4.19. The monoisotopic (exact) mass is 185 g/mol.